The number of rotatable bonds is 32. The second kappa shape index (κ2) is 52.0. The molecule has 0 aromatic heterocycles. The van der Waals surface area contributed by atoms with Crippen LogP contribution in [-0.4, -0.2) is 205 Å². The van der Waals surface area contributed by atoms with Gasteiger partial charge in [0.05, 0.1) is 6.54 Å². The van der Waals surface area contributed by atoms with E-state index in [1.807, 2.05) is 218 Å². The van der Waals surface area contributed by atoms with Gasteiger partial charge in [0, 0.05) is 56.1 Å². The van der Waals surface area contributed by atoms with E-state index in [9.17, 15) is 82.8 Å². The van der Waals surface area contributed by atoms with Gasteiger partial charge in [-0.3, -0.25) is 4.79 Å². The van der Waals surface area contributed by atoms with E-state index in [1.165, 1.54) is 29.2 Å². The van der Waals surface area contributed by atoms with Crippen molar-refractivity contribution in [3.63, 3.8) is 0 Å². The molecule has 10 aromatic rings. The maximum absolute atomic E-state index is 12.4. The van der Waals surface area contributed by atoms with E-state index >= 15 is 0 Å². The van der Waals surface area contributed by atoms with Crippen LogP contribution in [0, 0.1) is 0 Å². The summed E-state index contributed by atoms with van der Waals surface area (Å²) in [6, 6.07) is 75.5. The van der Waals surface area contributed by atoms with Crippen LogP contribution in [0.25, 0.3) is 55.6 Å². The van der Waals surface area contributed by atoms with Gasteiger partial charge in [-0.1, -0.05) is 243 Å². The van der Waals surface area contributed by atoms with Crippen LogP contribution in [0.15, 0.2) is 243 Å². The number of ether oxygens (including phenoxy) is 9. The minimum atomic E-state index is -1.36. The zero-order chi connectivity index (χ0) is 107. The number of nitrogens with one attached hydrogen (secondary N) is 8. The van der Waals surface area contributed by atoms with E-state index in [-0.39, 0.29) is 101 Å². The summed E-state index contributed by atoms with van der Waals surface area (Å²) in [5.41, 5.74) is 19.9. The van der Waals surface area contributed by atoms with Crippen molar-refractivity contribution < 1.29 is 125 Å². The van der Waals surface area contributed by atoms with Crippen molar-refractivity contribution >= 4 is 78.6 Å². The lowest BCUT2D eigenvalue weighted by Gasteiger charge is -2.21. The monoisotopic (exact) mass is 2030 g/mol. The fraction of sp³-hybridized carbons (Fsp3) is 0.360. The fourth-order valence-corrected chi connectivity index (χ4v) is 17.7. The highest BCUT2D eigenvalue weighted by Crippen LogP contribution is 2.50. The normalized spacial score (nSPS) is 13.4. The molecule has 0 spiro atoms. The maximum atomic E-state index is 12.4. The number of aliphatic carboxylic acids is 4. The zero-order valence-electron chi connectivity index (χ0n) is 85.2. The predicted molar refractivity (Wildman–Crippen MR) is 554 cm³/mol. The van der Waals surface area contributed by atoms with Gasteiger partial charge < -0.3 is 106 Å². The lowest BCUT2D eigenvalue weighted by molar-refractivity contribution is -0.141. The van der Waals surface area contributed by atoms with E-state index < -0.39 is 119 Å². The van der Waals surface area contributed by atoms with Crippen molar-refractivity contribution in [3.05, 3.63) is 298 Å². The third-order valence-electron chi connectivity index (χ3n) is 24.0. The number of carboxylic acid groups (broad SMARTS) is 4. The van der Waals surface area contributed by atoms with Crippen molar-refractivity contribution in [1.82, 2.24) is 42.5 Å². The summed E-state index contributed by atoms with van der Waals surface area (Å²) in [5.74, 6) is -5.34. The highest BCUT2D eigenvalue weighted by molar-refractivity contribution is 5.87. The van der Waals surface area contributed by atoms with Crippen molar-refractivity contribution in [3.8, 4) is 55.6 Å². The molecule has 0 bridgehead atoms. The second-order valence-corrected chi connectivity index (χ2v) is 39.6. The molecule has 0 unspecified atom stereocenters. The quantitative estimate of drug-likeness (QED) is 0.0106. The number of unbranched alkanes of at least 4 members (excludes halogenated alkanes) is 1. The topological polar surface area (TPSA) is 482 Å². The Bertz CT molecular complexity index is 6150. The van der Waals surface area contributed by atoms with Crippen LogP contribution in [-0.2, 0) is 66.6 Å². The fourth-order valence-electron chi connectivity index (χ4n) is 17.7. The minimum Gasteiger partial charge on any atom is -0.480 e. The molecular formula is C114H130N8O26. The molecule has 4 atom stereocenters. The zero-order valence-corrected chi connectivity index (χ0v) is 85.2. The van der Waals surface area contributed by atoms with Gasteiger partial charge in [-0.15, -0.1) is 0 Å². The van der Waals surface area contributed by atoms with Crippen LogP contribution in [0.3, 0.4) is 0 Å². The van der Waals surface area contributed by atoms with Crippen LogP contribution in [0.4, 0.5) is 38.4 Å². The number of carbonyl (C=O) groups excluding carboxylic acids is 9. The van der Waals surface area contributed by atoms with Crippen LogP contribution in [0.5, 0.6) is 0 Å². The molecule has 782 valence electrons. The van der Waals surface area contributed by atoms with Crippen LogP contribution in [0.1, 0.15) is 214 Å². The molecule has 0 fully saturated rings. The molecule has 0 saturated carbocycles. The summed E-state index contributed by atoms with van der Waals surface area (Å²) in [6.07, 6.45) is -4.02. The van der Waals surface area contributed by atoms with Crippen molar-refractivity contribution in [1.29, 1.82) is 0 Å². The summed E-state index contributed by atoms with van der Waals surface area (Å²) < 4.78 is 47.2. The molecule has 12 N–H and O–H groups in total. The van der Waals surface area contributed by atoms with Gasteiger partial charge in [-0.05, 0) is 233 Å². The molecule has 0 aliphatic heterocycles. The van der Waals surface area contributed by atoms with Crippen molar-refractivity contribution in [2.45, 2.75) is 205 Å². The Morgan fingerprint density at radius 3 is 0.649 bits per heavy atom. The number of esters is 1. The van der Waals surface area contributed by atoms with Gasteiger partial charge in [0.15, 0.2) is 0 Å². The molecule has 5 aliphatic carbocycles. The summed E-state index contributed by atoms with van der Waals surface area (Å²) in [6.45, 7) is 23.4. The molecule has 10 aromatic carbocycles. The second-order valence-electron chi connectivity index (χ2n) is 39.6. The first kappa shape index (κ1) is 112. The number of hydrogen-bond donors (Lipinski definition) is 12. The lowest BCUT2D eigenvalue weighted by atomic mass is 9.98. The largest absolute Gasteiger partial charge is 0.480 e. The number of carbonyl (C=O) groups is 13. The van der Waals surface area contributed by atoms with Crippen LogP contribution in [0.2, 0.25) is 0 Å². The van der Waals surface area contributed by atoms with E-state index in [4.69, 9.17) is 42.6 Å². The van der Waals surface area contributed by atoms with Gasteiger partial charge in [-0.25, -0.2) is 57.5 Å². The highest BCUT2D eigenvalue weighted by atomic mass is 16.6. The standard InChI is InChI=1S/C26H32N2O6.C25H30N2O6.C24H28N2O6.C23H26N2O6.C16H14O2/c1-26(2,3)34-24(31)27-15-9-8-14-22(23(29)30)28-25(32)33-16-21-19-12-6-4-10-17(19)18-11-5-7-13-20(18)21;1-25(2,3)33-23(30)26-14-8-13-21(22(28)29)27-24(31)32-15-20-18-11-6-4-9-16(18)17-10-5-7-12-19(17)20;1-24(2,3)32-22(29)25-13-12-20(21(27)28)26-23(30)31-14-19-17-10-6-4-8-15(17)16-9-5-7-11-18(16)19;1-23(2,3)31-21(28)24-12-19(20(26)27)25-22(29)30-13-18-16-10-6-4-8-14(16)15-9-5-7-11-17(15)18;1-11(17)18-10-16-14-8-4-2-6-12(14)13-7-3-5-9-15(13)16/h4-7,10-13,21-22H,8-9,14-16H2,1-3H3,(H,27,31)(H,28,32)(H,29,30);4-7,9-12,20-21H,8,13-15H2,1-3H3,(H,26,30)(H,27,31)(H,28,29);4-11,19-20H,12-14H2,1-3H3,(H,25,29)(H,26,30)(H,27,28);4-11,18-19H,12-13H2,1-3H3,(H,24,28)(H,25,29)(H,26,27);2-9,16H,10H2,1H3/t22-;21-;20-;19-;/m0000./s1. The molecule has 15 rings (SSSR count). The van der Waals surface area contributed by atoms with E-state index in [2.05, 4.69) is 66.8 Å². The first-order chi connectivity index (χ1) is 70.4. The molecule has 8 amide bonds. The number of carboxylic acids is 4. The molecule has 0 radical (unpaired) electrons. The van der Waals surface area contributed by atoms with Crippen molar-refractivity contribution in [2.24, 2.45) is 0 Å². The molecule has 5 aliphatic rings. The Kier molecular flexibility index (Phi) is 39.3. The summed E-state index contributed by atoms with van der Waals surface area (Å²) in [5, 5.41) is 57.2. The Morgan fingerprint density at radius 2 is 0.426 bits per heavy atom. The molecular weight excluding hydrogens is 1900 g/mol. The van der Waals surface area contributed by atoms with Gasteiger partial charge >= 0.3 is 78.6 Å². The summed E-state index contributed by atoms with van der Waals surface area (Å²) in [7, 11) is 0. The number of benzene rings is 10. The first-order valence-electron chi connectivity index (χ1n) is 49.0. The molecule has 0 saturated heterocycles. The smallest absolute Gasteiger partial charge is 0.407 e. The Hall–Kier alpha value is -16.3. The molecule has 148 heavy (non-hydrogen) atoms. The highest BCUT2D eigenvalue weighted by Gasteiger charge is 2.38. The lowest BCUT2D eigenvalue weighted by Crippen LogP contribution is -2.49. The summed E-state index contributed by atoms with van der Waals surface area (Å²) in [4.78, 5) is 153. The molecule has 34 nitrogen and oxygen atoms in total. The predicted octanol–water partition coefficient (Wildman–Crippen LogP) is 19.7. The molecule has 34 heteroatoms. The van der Waals surface area contributed by atoms with Gasteiger partial charge in [0.1, 0.15) is 79.6 Å². The SMILES string of the molecule is CC(=O)OCC1c2ccccc2-c2ccccc21.CC(C)(C)OC(=O)NCCCC[C@H](NC(=O)OCC1c2ccccc2-c2ccccc21)C(=O)O.CC(C)(C)OC(=O)NCCC[C@H](NC(=O)OCC1c2ccccc2-c2ccccc21)C(=O)O.CC(C)(C)OC(=O)NCC[C@H](NC(=O)OCC1c2ccccc2-c2ccccc21)C(=O)O.CC(C)(C)OC(=O)NC[C@H](NC(=O)OCC1c2ccccc2-c2ccccc21)C(=O)O. The number of alkyl carbamates (subject to hydrolysis) is 8. The van der Waals surface area contributed by atoms with Crippen LogP contribution < -0.4 is 42.5 Å². The van der Waals surface area contributed by atoms with Crippen LogP contribution >= 0.6 is 0 Å². The Labute approximate surface area is 859 Å². The number of amides is 8. The number of hydrogen-bond acceptors (Lipinski definition) is 22. The Balaban J connectivity index is 0.000000178. The first-order valence-corrected chi connectivity index (χ1v) is 49.0. The Morgan fingerprint density at radius 1 is 0.236 bits per heavy atom. The van der Waals surface area contributed by atoms with Crippen molar-refractivity contribution in [2.75, 3.05) is 59.2 Å². The molecule has 0 heterocycles. The summed E-state index contributed by atoms with van der Waals surface area (Å²) >= 11 is 0. The number of fused-ring (bicyclic) bond motifs is 15. The third kappa shape index (κ3) is 32.6. The average molecular weight is 2030 g/mol. The van der Waals surface area contributed by atoms with E-state index in [0.717, 1.165) is 89.0 Å². The average Bonchev–Trinajstić information content (AvgIpc) is 1.64. The maximum Gasteiger partial charge on any atom is 0.407 e. The van der Waals surface area contributed by atoms with Gasteiger partial charge in [0.2, 0.25) is 0 Å². The third-order valence-corrected chi connectivity index (χ3v) is 24.0. The minimum absolute atomic E-state index is 0.0151. The van der Waals surface area contributed by atoms with Gasteiger partial charge in [0.25, 0.3) is 0 Å². The van der Waals surface area contributed by atoms with E-state index in [0.29, 0.717) is 32.4 Å². The van der Waals surface area contributed by atoms with E-state index in [1.54, 1.807) is 83.1 Å². The van der Waals surface area contributed by atoms with Gasteiger partial charge in [-0.2, -0.15) is 0 Å².